The summed E-state index contributed by atoms with van der Waals surface area (Å²) in [6.45, 7) is 2.12. The van der Waals surface area contributed by atoms with Gasteiger partial charge in [0.05, 0.1) is 22.6 Å². The maximum Gasteiger partial charge on any atom is 0.0631 e. The van der Waals surface area contributed by atoms with Crippen LogP contribution in [0.5, 0.6) is 0 Å². The molecule has 3 aromatic rings. The molecule has 0 aliphatic heterocycles. The van der Waals surface area contributed by atoms with E-state index < -0.39 is 0 Å². The third kappa shape index (κ3) is 2.60. The van der Waals surface area contributed by atoms with E-state index in [-0.39, 0.29) is 0 Å². The van der Waals surface area contributed by atoms with Crippen molar-refractivity contribution < 1.29 is 0 Å². The summed E-state index contributed by atoms with van der Waals surface area (Å²) in [4.78, 5) is 0. The van der Waals surface area contributed by atoms with Gasteiger partial charge in [0.15, 0.2) is 0 Å². The SMILES string of the molecule is Cc1ccc([C+](c2ccccc2)c2ccccc2)cc1. The fourth-order valence-electron chi connectivity index (χ4n) is 2.43. The molecule has 0 nitrogen and oxygen atoms in total. The molecule has 0 radical (unpaired) electrons. The van der Waals surface area contributed by atoms with E-state index >= 15 is 0 Å². The molecule has 3 aromatic carbocycles. The van der Waals surface area contributed by atoms with Gasteiger partial charge in [0.2, 0.25) is 0 Å². The fourth-order valence-corrected chi connectivity index (χ4v) is 2.43. The van der Waals surface area contributed by atoms with E-state index in [2.05, 4.69) is 91.9 Å². The van der Waals surface area contributed by atoms with Gasteiger partial charge in [-0.15, -0.1) is 0 Å². The van der Waals surface area contributed by atoms with E-state index in [0.29, 0.717) is 0 Å². The molecule has 0 aromatic heterocycles. The molecule has 0 atom stereocenters. The molecule has 96 valence electrons. The first kappa shape index (κ1) is 12.6. The van der Waals surface area contributed by atoms with Gasteiger partial charge in [-0.1, -0.05) is 12.1 Å². The van der Waals surface area contributed by atoms with Crippen molar-refractivity contribution in [1.29, 1.82) is 0 Å². The predicted molar refractivity (Wildman–Crippen MR) is 84.6 cm³/mol. The van der Waals surface area contributed by atoms with Gasteiger partial charge < -0.3 is 0 Å². The van der Waals surface area contributed by atoms with Crippen LogP contribution in [0.4, 0.5) is 0 Å². The molecule has 0 N–H and O–H groups in total. The third-order valence-corrected chi connectivity index (χ3v) is 3.47. The Labute approximate surface area is 120 Å². The summed E-state index contributed by atoms with van der Waals surface area (Å²) in [5, 5.41) is 0. The summed E-state index contributed by atoms with van der Waals surface area (Å²) in [7, 11) is 0. The standard InChI is InChI=1S/C20H17/c1-16-12-14-19(15-13-16)20(17-8-4-2-5-9-17)18-10-6-3-7-11-18/h2-15H,1H3/q+1. The van der Waals surface area contributed by atoms with Gasteiger partial charge >= 0.3 is 0 Å². The molecular weight excluding hydrogens is 240 g/mol. The first-order valence-corrected chi connectivity index (χ1v) is 6.89. The van der Waals surface area contributed by atoms with Crippen molar-refractivity contribution in [2.45, 2.75) is 6.92 Å². The molecule has 0 fully saturated rings. The lowest BCUT2D eigenvalue weighted by molar-refractivity contribution is 1.22. The Morgan fingerprint density at radius 2 is 0.900 bits per heavy atom. The lowest BCUT2D eigenvalue weighted by Crippen LogP contribution is -2.04. The van der Waals surface area contributed by atoms with Crippen LogP contribution in [0, 0.1) is 12.8 Å². The number of rotatable bonds is 3. The Morgan fingerprint density at radius 3 is 1.35 bits per heavy atom. The molecule has 0 unspecified atom stereocenters. The van der Waals surface area contributed by atoms with E-state index in [4.69, 9.17) is 0 Å². The van der Waals surface area contributed by atoms with Crippen molar-refractivity contribution in [2.24, 2.45) is 0 Å². The second-order valence-corrected chi connectivity index (χ2v) is 4.97. The monoisotopic (exact) mass is 257 g/mol. The van der Waals surface area contributed by atoms with Crippen LogP contribution in [0.15, 0.2) is 84.9 Å². The van der Waals surface area contributed by atoms with Crippen LogP contribution in [0.1, 0.15) is 22.3 Å². The third-order valence-electron chi connectivity index (χ3n) is 3.47. The van der Waals surface area contributed by atoms with Gasteiger partial charge in [0, 0.05) is 0 Å². The van der Waals surface area contributed by atoms with Gasteiger partial charge in [0.25, 0.3) is 0 Å². The van der Waals surface area contributed by atoms with E-state index in [0.717, 1.165) is 0 Å². The highest BCUT2D eigenvalue weighted by molar-refractivity contribution is 5.57. The van der Waals surface area contributed by atoms with Gasteiger partial charge in [-0.05, 0) is 85.3 Å². The molecule has 0 saturated heterocycles. The van der Waals surface area contributed by atoms with Crippen LogP contribution in [0.3, 0.4) is 0 Å². The molecule has 0 amide bonds. The second-order valence-electron chi connectivity index (χ2n) is 4.97. The number of hydrogen-bond donors (Lipinski definition) is 0. The van der Waals surface area contributed by atoms with E-state index in [1.807, 2.05) is 0 Å². The Morgan fingerprint density at radius 1 is 0.500 bits per heavy atom. The van der Waals surface area contributed by atoms with Crippen LogP contribution in [-0.4, -0.2) is 0 Å². The smallest absolute Gasteiger partial charge is 0.0511 e. The average molecular weight is 257 g/mol. The molecule has 0 heterocycles. The largest absolute Gasteiger partial charge is 0.0631 e. The number of benzene rings is 3. The predicted octanol–water partition coefficient (Wildman–Crippen LogP) is 5.01. The van der Waals surface area contributed by atoms with Gasteiger partial charge in [-0.2, -0.15) is 0 Å². The zero-order valence-corrected chi connectivity index (χ0v) is 11.6. The highest BCUT2D eigenvalue weighted by atomic mass is 14.2. The van der Waals surface area contributed by atoms with Crippen molar-refractivity contribution in [3.8, 4) is 0 Å². The highest BCUT2D eigenvalue weighted by Crippen LogP contribution is 2.30. The van der Waals surface area contributed by atoms with Crippen molar-refractivity contribution in [1.82, 2.24) is 0 Å². The summed E-state index contributed by atoms with van der Waals surface area (Å²) in [5.41, 5.74) is 5.05. The Hall–Kier alpha value is -2.47. The number of hydrogen-bond acceptors (Lipinski definition) is 0. The van der Waals surface area contributed by atoms with Crippen molar-refractivity contribution in [2.75, 3.05) is 0 Å². The molecule has 0 spiro atoms. The minimum absolute atomic E-state index is 1.25. The minimum Gasteiger partial charge on any atom is -0.0511 e. The minimum atomic E-state index is 1.25. The zero-order valence-electron chi connectivity index (χ0n) is 11.6. The number of aryl methyl sites for hydroxylation is 1. The summed E-state index contributed by atoms with van der Waals surface area (Å²) >= 11 is 0. The van der Waals surface area contributed by atoms with E-state index in [1.165, 1.54) is 28.2 Å². The van der Waals surface area contributed by atoms with Crippen LogP contribution >= 0.6 is 0 Å². The molecule has 0 aliphatic rings. The summed E-state index contributed by atoms with van der Waals surface area (Å²) in [6, 6.07) is 29.9. The maximum atomic E-state index is 2.20. The Balaban J connectivity index is 2.11. The van der Waals surface area contributed by atoms with Crippen LogP contribution in [0.2, 0.25) is 0 Å². The van der Waals surface area contributed by atoms with Crippen LogP contribution in [0.25, 0.3) is 0 Å². The molecule has 0 aliphatic carbocycles. The molecule has 0 saturated carbocycles. The molecular formula is C20H17+. The average Bonchev–Trinajstić information content (AvgIpc) is 2.52. The first-order chi connectivity index (χ1) is 9.84. The summed E-state index contributed by atoms with van der Waals surface area (Å²) in [5.74, 6) is 1.28. The van der Waals surface area contributed by atoms with Gasteiger partial charge in [-0.25, -0.2) is 0 Å². The molecule has 20 heavy (non-hydrogen) atoms. The van der Waals surface area contributed by atoms with Gasteiger partial charge in [0.1, 0.15) is 0 Å². The van der Waals surface area contributed by atoms with Crippen molar-refractivity contribution in [3.63, 3.8) is 0 Å². The first-order valence-electron chi connectivity index (χ1n) is 6.89. The Kier molecular flexibility index (Phi) is 3.56. The van der Waals surface area contributed by atoms with Gasteiger partial charge in [-0.3, -0.25) is 0 Å². The molecule has 3 rings (SSSR count). The summed E-state index contributed by atoms with van der Waals surface area (Å²) < 4.78 is 0. The highest BCUT2D eigenvalue weighted by Gasteiger charge is 2.21. The maximum absolute atomic E-state index is 2.20. The van der Waals surface area contributed by atoms with Crippen molar-refractivity contribution >= 4 is 0 Å². The fraction of sp³-hybridized carbons (Fsp3) is 0.0500. The van der Waals surface area contributed by atoms with E-state index in [9.17, 15) is 0 Å². The van der Waals surface area contributed by atoms with Crippen LogP contribution < -0.4 is 0 Å². The Bertz CT molecular complexity index is 612. The molecule has 0 heteroatoms. The van der Waals surface area contributed by atoms with Crippen molar-refractivity contribution in [3.05, 3.63) is 113 Å². The van der Waals surface area contributed by atoms with E-state index in [1.54, 1.807) is 0 Å². The topological polar surface area (TPSA) is 0 Å². The second kappa shape index (κ2) is 5.66. The van der Waals surface area contributed by atoms with Crippen LogP contribution in [-0.2, 0) is 0 Å². The summed E-state index contributed by atoms with van der Waals surface area (Å²) in [6.07, 6.45) is 0. The lowest BCUT2D eigenvalue weighted by Gasteiger charge is -2.13. The lowest BCUT2D eigenvalue weighted by atomic mass is 9.85. The zero-order chi connectivity index (χ0) is 13.8. The normalized spacial score (nSPS) is 10.2. The molecule has 0 bridgehead atoms. The quantitative estimate of drug-likeness (QED) is 0.457.